The summed E-state index contributed by atoms with van der Waals surface area (Å²) >= 11 is 4.96. The van der Waals surface area contributed by atoms with Gasteiger partial charge in [-0.2, -0.15) is 17.9 Å². The quantitative estimate of drug-likeness (QED) is 0.524. The summed E-state index contributed by atoms with van der Waals surface area (Å²) < 4.78 is 39.6. The highest BCUT2D eigenvalue weighted by atomic mass is 127. The molecule has 9 heteroatoms. The molecule has 0 atom stereocenters. The molecule has 0 unspecified atom stereocenters. The minimum Gasteiger partial charge on any atom is -0.245 e. The molecule has 102 valence electrons. The maximum atomic E-state index is 12.4. The van der Waals surface area contributed by atoms with Crippen LogP contribution < -0.4 is 5.69 Å². The van der Waals surface area contributed by atoms with Gasteiger partial charge in [0.2, 0.25) is 0 Å². The van der Waals surface area contributed by atoms with Crippen molar-refractivity contribution < 1.29 is 13.2 Å². The first-order valence-corrected chi connectivity index (χ1v) is 7.04. The van der Waals surface area contributed by atoms with E-state index in [2.05, 4.69) is 21.0 Å². The molecule has 0 aliphatic heterocycles. The Bertz CT molecular complexity index is 648. The zero-order valence-electron chi connectivity index (χ0n) is 9.16. The highest BCUT2D eigenvalue weighted by molar-refractivity contribution is 14.1. The number of benzene rings is 1. The van der Waals surface area contributed by atoms with Crippen molar-refractivity contribution in [2.24, 2.45) is 0 Å². The van der Waals surface area contributed by atoms with Gasteiger partial charge < -0.3 is 0 Å². The van der Waals surface area contributed by atoms with Crippen LogP contribution in [0.15, 0.2) is 29.1 Å². The molecule has 0 saturated heterocycles. The summed E-state index contributed by atoms with van der Waals surface area (Å²) in [5, 5.41) is 4.40. The third kappa shape index (κ3) is 2.86. The summed E-state index contributed by atoms with van der Waals surface area (Å²) in [4.78, 5) is 11.8. The van der Waals surface area contributed by atoms with Crippen LogP contribution in [-0.4, -0.2) is 12.6 Å². The predicted octanol–water partition coefficient (Wildman–Crippen LogP) is 3.15. The zero-order chi connectivity index (χ0) is 14.2. The summed E-state index contributed by atoms with van der Waals surface area (Å²) in [7, 11) is 0. The molecule has 2 aromatic rings. The number of alkyl halides is 4. The highest BCUT2D eigenvalue weighted by Gasteiger charge is 2.30. The van der Waals surface area contributed by atoms with E-state index in [4.69, 9.17) is 0 Å². The molecule has 0 N–H and O–H groups in total. The van der Waals surface area contributed by atoms with E-state index in [0.717, 1.165) is 16.8 Å². The Morgan fingerprint density at radius 1 is 1.26 bits per heavy atom. The molecule has 1 heterocycles. The summed E-state index contributed by atoms with van der Waals surface area (Å²) in [5.74, 6) is 0.477. The third-order valence-electron chi connectivity index (χ3n) is 2.35. The van der Waals surface area contributed by atoms with Crippen molar-refractivity contribution in [3.05, 3.63) is 46.1 Å². The Hall–Kier alpha value is -0.840. The normalized spacial score (nSPS) is 11.8. The molecule has 0 amide bonds. The van der Waals surface area contributed by atoms with Crippen LogP contribution in [0.5, 0.6) is 0 Å². The van der Waals surface area contributed by atoms with Crippen molar-refractivity contribution >= 4 is 38.8 Å². The fourth-order valence-electron chi connectivity index (χ4n) is 1.43. The number of halogens is 5. The van der Waals surface area contributed by atoms with Crippen molar-refractivity contribution in [2.45, 2.75) is 11.5 Å². The van der Waals surface area contributed by atoms with Crippen molar-refractivity contribution in [1.29, 1.82) is 0 Å². The summed E-state index contributed by atoms with van der Waals surface area (Å²) in [6.45, 7) is 0. The van der Waals surface area contributed by atoms with Crippen molar-refractivity contribution in [3.63, 3.8) is 0 Å². The van der Waals surface area contributed by atoms with Crippen LogP contribution in [0.3, 0.4) is 0 Å². The summed E-state index contributed by atoms with van der Waals surface area (Å²) in [6.07, 6.45) is -4.40. The van der Waals surface area contributed by atoms with Crippen molar-refractivity contribution in [1.82, 2.24) is 12.6 Å². The molecular formula is C10H6BrF3IN3O. The van der Waals surface area contributed by atoms with E-state index in [1.54, 1.807) is 22.9 Å². The Balaban J connectivity index is 2.46. The van der Waals surface area contributed by atoms with Gasteiger partial charge in [-0.25, -0.2) is 7.58 Å². The number of hydrogen-bond donors (Lipinski definition) is 0. The monoisotopic (exact) mass is 447 g/mol. The Kier molecular flexibility index (Phi) is 4.04. The van der Waals surface area contributed by atoms with Gasteiger partial charge in [0.25, 0.3) is 0 Å². The first kappa shape index (κ1) is 14.6. The minimum atomic E-state index is -4.40. The number of hydrogen-bond acceptors (Lipinski definition) is 2. The molecule has 0 spiro atoms. The molecule has 0 aliphatic rings. The molecule has 0 radical (unpaired) electrons. The molecule has 0 bridgehead atoms. The van der Waals surface area contributed by atoms with Crippen LogP contribution in [0.1, 0.15) is 11.4 Å². The summed E-state index contributed by atoms with van der Waals surface area (Å²) in [6, 6.07) is 4.27. The second kappa shape index (κ2) is 5.27. The van der Waals surface area contributed by atoms with Gasteiger partial charge in [-0.05, 0) is 24.3 Å². The molecule has 0 saturated carbocycles. The van der Waals surface area contributed by atoms with E-state index in [1.165, 1.54) is 14.9 Å². The first-order valence-electron chi connectivity index (χ1n) is 4.95. The molecule has 4 nitrogen and oxygen atoms in total. The van der Waals surface area contributed by atoms with E-state index < -0.39 is 17.4 Å². The van der Waals surface area contributed by atoms with Gasteiger partial charge in [-0.15, -0.1) is 5.10 Å². The Morgan fingerprint density at radius 2 is 1.84 bits per heavy atom. The molecule has 2 rings (SSSR count). The lowest BCUT2D eigenvalue weighted by atomic mass is 10.2. The molecule has 19 heavy (non-hydrogen) atoms. The van der Waals surface area contributed by atoms with Crippen LogP contribution in [0.25, 0.3) is 5.69 Å². The molecule has 0 fully saturated rings. The largest absolute Gasteiger partial charge is 0.416 e. The Morgan fingerprint density at radius 3 is 2.26 bits per heavy atom. The lowest BCUT2D eigenvalue weighted by Gasteiger charge is -2.06. The van der Waals surface area contributed by atoms with Crippen LogP contribution in [0, 0.1) is 0 Å². The van der Waals surface area contributed by atoms with Gasteiger partial charge in [0.05, 0.1) is 39.4 Å². The first-order chi connectivity index (χ1) is 8.84. The van der Waals surface area contributed by atoms with Gasteiger partial charge in [0.15, 0.2) is 5.82 Å². The standard InChI is InChI=1S/C10H6BrF3IN3O/c11-5-8-16-18(9(19)17(8)15)7-3-1-6(2-4-7)10(12,13)14/h1-4H,5H2. The zero-order valence-corrected chi connectivity index (χ0v) is 12.9. The maximum absolute atomic E-state index is 12.4. The second-order valence-corrected chi connectivity index (χ2v) is 5.10. The van der Waals surface area contributed by atoms with E-state index in [9.17, 15) is 18.0 Å². The Labute approximate surface area is 127 Å². The number of nitrogens with zero attached hydrogens (tertiary/aromatic N) is 3. The average molecular weight is 448 g/mol. The van der Waals surface area contributed by atoms with E-state index in [0.29, 0.717) is 11.2 Å². The van der Waals surface area contributed by atoms with E-state index in [1.807, 2.05) is 0 Å². The van der Waals surface area contributed by atoms with Crippen molar-refractivity contribution in [2.75, 3.05) is 0 Å². The topological polar surface area (TPSA) is 39.8 Å². The maximum Gasteiger partial charge on any atom is 0.416 e. The van der Waals surface area contributed by atoms with Crippen LogP contribution >= 0.6 is 38.8 Å². The highest BCUT2D eigenvalue weighted by Crippen LogP contribution is 2.29. The summed E-state index contributed by atoms with van der Waals surface area (Å²) in [5.41, 5.74) is -0.899. The average Bonchev–Trinajstić information content (AvgIpc) is 2.65. The van der Waals surface area contributed by atoms with E-state index >= 15 is 0 Å². The number of rotatable bonds is 2. The van der Waals surface area contributed by atoms with Gasteiger partial charge in [-0.3, -0.25) is 0 Å². The third-order valence-corrected chi connectivity index (χ3v) is 3.82. The van der Waals surface area contributed by atoms with Crippen LogP contribution in [0.2, 0.25) is 0 Å². The SMILES string of the molecule is O=c1n(-c2ccc(C(F)(F)F)cc2)nc(CBr)n1I. The van der Waals surface area contributed by atoms with Crippen LogP contribution in [-0.2, 0) is 11.5 Å². The van der Waals surface area contributed by atoms with Crippen molar-refractivity contribution in [3.8, 4) is 5.69 Å². The van der Waals surface area contributed by atoms with Gasteiger partial charge >= 0.3 is 11.9 Å². The van der Waals surface area contributed by atoms with E-state index in [-0.39, 0.29) is 5.69 Å². The van der Waals surface area contributed by atoms with Crippen LogP contribution in [0.4, 0.5) is 13.2 Å². The number of aromatic nitrogens is 3. The van der Waals surface area contributed by atoms with Gasteiger partial charge in [0.1, 0.15) is 0 Å². The molecule has 1 aromatic carbocycles. The fraction of sp³-hybridized carbons (Fsp3) is 0.200. The predicted molar refractivity (Wildman–Crippen MR) is 74.9 cm³/mol. The minimum absolute atomic E-state index is 0.288. The van der Waals surface area contributed by atoms with Gasteiger partial charge in [0, 0.05) is 0 Å². The molecule has 0 aliphatic carbocycles. The second-order valence-electron chi connectivity index (χ2n) is 3.57. The molecule has 1 aromatic heterocycles. The van der Waals surface area contributed by atoms with Gasteiger partial charge in [-0.1, -0.05) is 15.9 Å². The lowest BCUT2D eigenvalue weighted by molar-refractivity contribution is -0.137. The smallest absolute Gasteiger partial charge is 0.245 e. The fourth-order valence-corrected chi connectivity index (χ4v) is 2.73. The lowest BCUT2D eigenvalue weighted by Crippen LogP contribution is -2.19. The molecular weight excluding hydrogens is 442 g/mol.